The molecule has 1 aliphatic heterocycles. The first-order valence-corrected chi connectivity index (χ1v) is 5.98. The lowest BCUT2D eigenvalue weighted by Gasteiger charge is -2.30. The number of hydrogen-bond acceptors (Lipinski definition) is 3. The molecule has 0 saturated carbocycles. The number of carbonyl (C=O) groups is 1. The number of nitrogens with zero attached hydrogens (tertiary/aromatic N) is 1. The van der Waals surface area contributed by atoms with Gasteiger partial charge in [-0.25, -0.2) is 0 Å². The molecule has 1 fully saturated rings. The molecule has 0 radical (unpaired) electrons. The summed E-state index contributed by atoms with van der Waals surface area (Å²) in [4.78, 5) is 12.8. The third-order valence-electron chi connectivity index (χ3n) is 2.88. The van der Waals surface area contributed by atoms with Crippen LogP contribution in [0.3, 0.4) is 0 Å². The highest BCUT2D eigenvalue weighted by Gasteiger charge is 2.27. The van der Waals surface area contributed by atoms with E-state index >= 15 is 0 Å². The number of hydrogen-bond donors (Lipinski definition) is 1. The zero-order chi connectivity index (χ0) is 13.6. The maximum absolute atomic E-state index is 11.8. The lowest BCUT2D eigenvalue weighted by atomic mass is 9.98. The van der Waals surface area contributed by atoms with Crippen molar-refractivity contribution in [3.8, 4) is 0 Å². The summed E-state index contributed by atoms with van der Waals surface area (Å²) in [6, 6.07) is 0. The molecule has 0 spiro atoms. The van der Waals surface area contributed by atoms with Crippen molar-refractivity contribution in [1.82, 2.24) is 4.90 Å². The first-order valence-electron chi connectivity index (χ1n) is 5.98. The predicted octanol–water partition coefficient (Wildman–Crippen LogP) is 2.17. The molecule has 0 bridgehead atoms. The Morgan fingerprint density at radius 3 is 2.68 bits per heavy atom. The summed E-state index contributed by atoms with van der Waals surface area (Å²) in [6.07, 6.45) is -2.29. The molecule has 0 amide bonds. The Morgan fingerprint density at radius 2 is 2.11 bits per heavy atom. The Bertz CT molecular complexity index is 276. The number of piperidine rings is 1. The highest BCUT2D eigenvalue weighted by atomic mass is 35.5. The Hall–Kier alpha value is -0.530. The molecule has 1 heterocycles. The molecule has 8 heteroatoms. The van der Waals surface area contributed by atoms with Crippen LogP contribution < -0.4 is 0 Å². The fourth-order valence-electron chi connectivity index (χ4n) is 2.04. The van der Waals surface area contributed by atoms with Crippen molar-refractivity contribution in [2.45, 2.75) is 25.4 Å². The second kappa shape index (κ2) is 8.60. The van der Waals surface area contributed by atoms with E-state index in [1.165, 1.54) is 0 Å². The van der Waals surface area contributed by atoms with Crippen molar-refractivity contribution in [3.63, 3.8) is 0 Å². The summed E-state index contributed by atoms with van der Waals surface area (Å²) in [6.45, 7) is 0.706. The van der Waals surface area contributed by atoms with Gasteiger partial charge in [0.2, 0.25) is 0 Å². The minimum atomic E-state index is -4.28. The smallest absolute Gasteiger partial charge is 0.411 e. The summed E-state index contributed by atoms with van der Waals surface area (Å²) < 4.78 is 39.8. The van der Waals surface area contributed by atoms with E-state index in [4.69, 9.17) is 5.11 Å². The third-order valence-corrected chi connectivity index (χ3v) is 2.88. The zero-order valence-corrected chi connectivity index (χ0v) is 11.3. The molecule has 114 valence electrons. The van der Waals surface area contributed by atoms with Gasteiger partial charge in [-0.05, 0) is 25.8 Å². The lowest BCUT2D eigenvalue weighted by molar-refractivity contribution is -0.174. The normalized spacial score (nSPS) is 20.9. The van der Waals surface area contributed by atoms with Gasteiger partial charge in [0, 0.05) is 19.7 Å². The topological polar surface area (TPSA) is 49.8 Å². The maximum Gasteiger partial charge on any atom is 0.411 e. The first kappa shape index (κ1) is 18.5. The summed E-state index contributed by atoms with van der Waals surface area (Å²) >= 11 is 0. The van der Waals surface area contributed by atoms with Crippen LogP contribution in [0.5, 0.6) is 0 Å². The molecule has 1 atom stereocenters. The van der Waals surface area contributed by atoms with E-state index < -0.39 is 18.8 Å². The Kier molecular flexibility index (Phi) is 8.36. The van der Waals surface area contributed by atoms with Crippen molar-refractivity contribution < 1.29 is 27.8 Å². The van der Waals surface area contributed by atoms with Gasteiger partial charge in [0.25, 0.3) is 0 Å². The van der Waals surface area contributed by atoms with Crippen LogP contribution in [0.25, 0.3) is 0 Å². The van der Waals surface area contributed by atoms with Gasteiger partial charge in [0.1, 0.15) is 6.61 Å². The van der Waals surface area contributed by atoms with Crippen molar-refractivity contribution in [2.24, 2.45) is 5.92 Å². The fraction of sp³-hybridized carbons (Fsp3) is 0.909. The van der Waals surface area contributed by atoms with Gasteiger partial charge < -0.3 is 14.7 Å². The van der Waals surface area contributed by atoms with E-state index in [1.54, 1.807) is 0 Å². The van der Waals surface area contributed by atoms with Crippen LogP contribution in [0, 0.1) is 5.92 Å². The van der Waals surface area contributed by atoms with Gasteiger partial charge in [0.05, 0.1) is 5.92 Å². The number of alkyl halides is 3. The summed E-state index contributed by atoms with van der Waals surface area (Å²) in [5.41, 5.74) is 0. The van der Waals surface area contributed by atoms with Gasteiger partial charge in [0.15, 0.2) is 0 Å². The summed E-state index contributed by atoms with van der Waals surface area (Å²) in [5, 5.41) is 8.88. The molecular weight excluding hydrogens is 287 g/mol. The average Bonchev–Trinajstić information content (AvgIpc) is 2.27. The van der Waals surface area contributed by atoms with E-state index in [0.29, 0.717) is 25.9 Å². The summed E-state index contributed by atoms with van der Waals surface area (Å²) in [7, 11) is 0. The van der Waals surface area contributed by atoms with Crippen LogP contribution in [-0.2, 0) is 9.53 Å². The zero-order valence-electron chi connectivity index (χ0n) is 10.5. The molecule has 0 aromatic carbocycles. The second-order valence-corrected chi connectivity index (χ2v) is 4.50. The highest BCUT2D eigenvalue weighted by molar-refractivity contribution is 5.85. The minimum Gasteiger partial charge on any atom is -0.481 e. The van der Waals surface area contributed by atoms with Crippen LogP contribution in [0.1, 0.15) is 19.3 Å². The number of halogens is 4. The highest BCUT2D eigenvalue weighted by Crippen LogP contribution is 2.17. The molecule has 19 heavy (non-hydrogen) atoms. The number of carboxylic acid groups (broad SMARTS) is 1. The Balaban J connectivity index is 0.00000324. The lowest BCUT2D eigenvalue weighted by Crippen LogP contribution is -2.39. The van der Waals surface area contributed by atoms with Gasteiger partial charge in [-0.15, -0.1) is 12.4 Å². The average molecular weight is 306 g/mol. The van der Waals surface area contributed by atoms with Gasteiger partial charge in [-0.1, -0.05) is 0 Å². The molecule has 1 unspecified atom stereocenters. The maximum atomic E-state index is 11.8. The van der Waals surface area contributed by atoms with Gasteiger partial charge in [-0.3, -0.25) is 4.79 Å². The van der Waals surface area contributed by atoms with Crippen LogP contribution in [0.2, 0.25) is 0 Å². The number of aliphatic carboxylic acids is 1. The van der Waals surface area contributed by atoms with Crippen molar-refractivity contribution >= 4 is 18.4 Å². The number of carboxylic acids is 1. The largest absolute Gasteiger partial charge is 0.481 e. The van der Waals surface area contributed by atoms with Crippen LogP contribution in [0.4, 0.5) is 13.2 Å². The van der Waals surface area contributed by atoms with Crippen LogP contribution in [0.15, 0.2) is 0 Å². The minimum absolute atomic E-state index is 0. The third kappa shape index (κ3) is 8.28. The Morgan fingerprint density at radius 1 is 1.42 bits per heavy atom. The van der Waals surface area contributed by atoms with Gasteiger partial charge in [-0.2, -0.15) is 13.2 Å². The van der Waals surface area contributed by atoms with Gasteiger partial charge >= 0.3 is 12.1 Å². The van der Waals surface area contributed by atoms with Crippen molar-refractivity contribution in [3.05, 3.63) is 0 Å². The molecular formula is C11H19ClF3NO3. The number of rotatable bonds is 6. The molecule has 1 N–H and O–H groups in total. The monoisotopic (exact) mass is 305 g/mol. The molecule has 1 rings (SSSR count). The summed E-state index contributed by atoms with van der Waals surface area (Å²) in [5.74, 6) is -1.15. The van der Waals surface area contributed by atoms with Crippen molar-refractivity contribution in [2.75, 3.05) is 32.8 Å². The Labute approximate surface area is 116 Å². The van der Waals surface area contributed by atoms with Crippen LogP contribution >= 0.6 is 12.4 Å². The SMILES string of the molecule is Cl.O=C(O)C1CCCN(CCCOCC(F)(F)F)C1. The van der Waals surface area contributed by atoms with Crippen LogP contribution in [-0.4, -0.2) is 55.0 Å². The standard InChI is InChI=1S/C11H18F3NO3.ClH/c12-11(13,14)8-18-6-2-5-15-4-1-3-9(7-15)10(16)17;/h9H,1-8H2,(H,16,17);1H. The molecule has 0 aliphatic carbocycles. The van der Waals surface area contributed by atoms with E-state index in [9.17, 15) is 18.0 Å². The molecule has 1 saturated heterocycles. The predicted molar refractivity (Wildman–Crippen MR) is 65.5 cm³/mol. The van der Waals surface area contributed by atoms with E-state index in [2.05, 4.69) is 4.74 Å². The van der Waals surface area contributed by atoms with E-state index in [0.717, 1.165) is 13.0 Å². The second-order valence-electron chi connectivity index (χ2n) is 4.50. The molecule has 0 aromatic rings. The van der Waals surface area contributed by atoms with E-state index in [1.807, 2.05) is 4.90 Å². The first-order chi connectivity index (χ1) is 8.38. The number of ether oxygens (including phenoxy) is 1. The quantitative estimate of drug-likeness (QED) is 0.764. The van der Waals surface area contributed by atoms with E-state index in [-0.39, 0.29) is 24.9 Å². The fourth-order valence-corrected chi connectivity index (χ4v) is 2.04. The van der Waals surface area contributed by atoms with Crippen molar-refractivity contribution in [1.29, 1.82) is 0 Å². The molecule has 4 nitrogen and oxygen atoms in total. The molecule has 1 aliphatic rings. The molecule has 0 aromatic heterocycles. The number of likely N-dealkylation sites (tertiary alicyclic amines) is 1.